The number of rotatable bonds is 6. The molecule has 0 aliphatic rings. The number of methoxy groups -OCH3 is 1. The van der Waals surface area contributed by atoms with Crippen LogP contribution in [0.2, 0.25) is 5.02 Å². The van der Waals surface area contributed by atoms with Gasteiger partial charge in [-0.3, -0.25) is 4.79 Å². The number of amides is 1. The van der Waals surface area contributed by atoms with Gasteiger partial charge in [-0.25, -0.2) is 0 Å². The minimum absolute atomic E-state index is 0.0407. The number of carbonyl (C=O) groups is 1. The maximum Gasteiger partial charge on any atom is 0.258 e. The van der Waals surface area contributed by atoms with Crippen LogP contribution >= 0.6 is 11.6 Å². The number of benzene rings is 2. The van der Waals surface area contributed by atoms with E-state index in [9.17, 15) is 4.79 Å². The van der Waals surface area contributed by atoms with Gasteiger partial charge < -0.3 is 14.8 Å². The molecule has 1 atom stereocenters. The van der Waals surface area contributed by atoms with Crippen LogP contribution < -0.4 is 14.8 Å². The van der Waals surface area contributed by atoms with Crippen molar-refractivity contribution in [3.63, 3.8) is 0 Å². The second kappa shape index (κ2) is 8.06. The third-order valence-electron chi connectivity index (χ3n) is 3.77. The van der Waals surface area contributed by atoms with Gasteiger partial charge in [-0.15, -0.1) is 0 Å². The SMILES string of the molecule is COc1ccc([C@@H](C)NC(=O)COc2cc(C)c(Cl)c(C)c2)cc1. The molecule has 0 radical (unpaired) electrons. The minimum atomic E-state index is -0.177. The van der Waals surface area contributed by atoms with E-state index in [1.807, 2.05) is 57.2 Å². The summed E-state index contributed by atoms with van der Waals surface area (Å²) in [5.74, 6) is 1.25. The van der Waals surface area contributed by atoms with Crippen LogP contribution in [-0.2, 0) is 4.79 Å². The molecule has 0 aliphatic carbocycles. The Balaban J connectivity index is 1.90. The summed E-state index contributed by atoms with van der Waals surface area (Å²) in [7, 11) is 1.62. The smallest absolute Gasteiger partial charge is 0.258 e. The Labute approximate surface area is 147 Å². The number of halogens is 1. The van der Waals surface area contributed by atoms with Gasteiger partial charge in [0.05, 0.1) is 13.2 Å². The molecule has 2 rings (SSSR count). The normalized spacial score (nSPS) is 11.7. The summed E-state index contributed by atoms with van der Waals surface area (Å²) in [5, 5.41) is 3.64. The zero-order valence-corrected chi connectivity index (χ0v) is 15.1. The van der Waals surface area contributed by atoms with E-state index in [0.29, 0.717) is 5.75 Å². The molecule has 4 nitrogen and oxygen atoms in total. The van der Waals surface area contributed by atoms with Crippen LogP contribution in [0.1, 0.15) is 29.7 Å². The molecule has 2 aromatic rings. The standard InChI is InChI=1S/C19H22ClNO3/c1-12-9-17(10-13(2)19(12)20)24-11-18(22)21-14(3)15-5-7-16(23-4)8-6-15/h5-10,14H,11H2,1-4H3,(H,21,22)/t14-/m1/s1. The van der Waals surface area contributed by atoms with Gasteiger partial charge in [-0.05, 0) is 61.7 Å². The monoisotopic (exact) mass is 347 g/mol. The number of aryl methyl sites for hydroxylation is 2. The lowest BCUT2D eigenvalue weighted by Crippen LogP contribution is -2.31. The summed E-state index contributed by atoms with van der Waals surface area (Å²) in [6.45, 7) is 5.71. The summed E-state index contributed by atoms with van der Waals surface area (Å²) < 4.78 is 10.7. The quantitative estimate of drug-likeness (QED) is 0.851. The second-order valence-corrected chi connectivity index (χ2v) is 6.10. The predicted octanol–water partition coefficient (Wildman–Crippen LogP) is 4.22. The van der Waals surface area contributed by atoms with Crippen molar-refractivity contribution in [1.29, 1.82) is 0 Å². The fourth-order valence-corrected chi connectivity index (χ4v) is 2.51. The Bertz CT molecular complexity index is 690. The van der Waals surface area contributed by atoms with Crippen LogP contribution in [0.15, 0.2) is 36.4 Å². The van der Waals surface area contributed by atoms with Crippen molar-refractivity contribution < 1.29 is 14.3 Å². The average Bonchev–Trinajstić information content (AvgIpc) is 2.57. The highest BCUT2D eigenvalue weighted by Gasteiger charge is 2.11. The van der Waals surface area contributed by atoms with Gasteiger partial charge in [-0.1, -0.05) is 23.7 Å². The molecular weight excluding hydrogens is 326 g/mol. The van der Waals surface area contributed by atoms with Crippen molar-refractivity contribution in [2.24, 2.45) is 0 Å². The second-order valence-electron chi connectivity index (χ2n) is 5.72. The van der Waals surface area contributed by atoms with Crippen molar-refractivity contribution in [1.82, 2.24) is 5.32 Å². The van der Waals surface area contributed by atoms with Crippen LogP contribution in [-0.4, -0.2) is 19.6 Å². The van der Waals surface area contributed by atoms with Gasteiger partial charge in [0.25, 0.3) is 5.91 Å². The molecule has 1 N–H and O–H groups in total. The summed E-state index contributed by atoms with van der Waals surface area (Å²) in [6, 6.07) is 11.1. The first-order chi connectivity index (χ1) is 11.4. The highest BCUT2D eigenvalue weighted by molar-refractivity contribution is 6.32. The maximum atomic E-state index is 12.1. The van der Waals surface area contributed by atoms with Crippen LogP contribution in [0.4, 0.5) is 0 Å². The molecule has 0 unspecified atom stereocenters. The lowest BCUT2D eigenvalue weighted by molar-refractivity contribution is -0.123. The summed E-state index contributed by atoms with van der Waals surface area (Å²) in [5.41, 5.74) is 2.86. The molecule has 2 aromatic carbocycles. The Kier molecular flexibility index (Phi) is 6.10. The Hall–Kier alpha value is -2.20. The Morgan fingerprint density at radius 1 is 1.12 bits per heavy atom. The zero-order valence-electron chi connectivity index (χ0n) is 14.4. The van der Waals surface area contributed by atoms with Gasteiger partial charge in [0.2, 0.25) is 0 Å². The van der Waals surface area contributed by atoms with E-state index in [0.717, 1.165) is 27.5 Å². The molecule has 1 amide bonds. The highest BCUT2D eigenvalue weighted by atomic mass is 35.5. The summed E-state index contributed by atoms with van der Waals surface area (Å²) in [6.07, 6.45) is 0. The molecule has 0 spiro atoms. The van der Waals surface area contributed by atoms with E-state index in [1.165, 1.54) is 0 Å². The van der Waals surface area contributed by atoms with Crippen LogP contribution in [0.3, 0.4) is 0 Å². The van der Waals surface area contributed by atoms with Crippen molar-refractivity contribution >= 4 is 17.5 Å². The molecule has 0 aliphatic heterocycles. The molecule has 0 saturated carbocycles. The summed E-state index contributed by atoms with van der Waals surface area (Å²) >= 11 is 6.13. The van der Waals surface area contributed by atoms with Gasteiger partial charge in [0.15, 0.2) is 6.61 Å². The van der Waals surface area contributed by atoms with E-state index in [-0.39, 0.29) is 18.6 Å². The van der Waals surface area contributed by atoms with Crippen LogP contribution in [0.5, 0.6) is 11.5 Å². The fraction of sp³-hybridized carbons (Fsp3) is 0.316. The molecule has 0 aromatic heterocycles. The first kappa shape index (κ1) is 18.1. The number of hydrogen-bond acceptors (Lipinski definition) is 3. The Morgan fingerprint density at radius 3 is 2.25 bits per heavy atom. The summed E-state index contributed by atoms with van der Waals surface area (Å²) in [4.78, 5) is 12.1. The largest absolute Gasteiger partial charge is 0.497 e. The lowest BCUT2D eigenvalue weighted by atomic mass is 10.1. The average molecular weight is 348 g/mol. The van der Waals surface area contributed by atoms with Gasteiger partial charge in [0, 0.05) is 5.02 Å². The lowest BCUT2D eigenvalue weighted by Gasteiger charge is -2.15. The number of ether oxygens (including phenoxy) is 2. The third kappa shape index (κ3) is 4.65. The molecule has 5 heteroatoms. The van der Waals surface area contributed by atoms with Gasteiger partial charge >= 0.3 is 0 Å². The molecule has 0 saturated heterocycles. The van der Waals surface area contributed by atoms with E-state index < -0.39 is 0 Å². The van der Waals surface area contributed by atoms with E-state index in [4.69, 9.17) is 21.1 Å². The molecule has 128 valence electrons. The zero-order chi connectivity index (χ0) is 17.7. The molecule has 24 heavy (non-hydrogen) atoms. The molecular formula is C19H22ClNO3. The van der Waals surface area contributed by atoms with Crippen molar-refractivity contribution in [2.45, 2.75) is 26.8 Å². The van der Waals surface area contributed by atoms with Gasteiger partial charge in [-0.2, -0.15) is 0 Å². The topological polar surface area (TPSA) is 47.6 Å². The molecule has 0 fully saturated rings. The van der Waals surface area contributed by atoms with E-state index >= 15 is 0 Å². The molecule has 0 bridgehead atoms. The first-order valence-electron chi connectivity index (χ1n) is 7.73. The fourth-order valence-electron chi connectivity index (χ4n) is 2.40. The van der Waals surface area contributed by atoms with E-state index in [1.54, 1.807) is 7.11 Å². The Morgan fingerprint density at radius 2 is 1.71 bits per heavy atom. The first-order valence-corrected chi connectivity index (χ1v) is 8.11. The number of carbonyl (C=O) groups excluding carboxylic acids is 1. The van der Waals surface area contributed by atoms with Crippen molar-refractivity contribution in [2.75, 3.05) is 13.7 Å². The van der Waals surface area contributed by atoms with E-state index in [2.05, 4.69) is 5.32 Å². The highest BCUT2D eigenvalue weighted by Crippen LogP contribution is 2.25. The number of hydrogen-bond donors (Lipinski definition) is 1. The van der Waals surface area contributed by atoms with Crippen molar-refractivity contribution in [3.8, 4) is 11.5 Å². The molecule has 0 heterocycles. The van der Waals surface area contributed by atoms with Crippen LogP contribution in [0, 0.1) is 13.8 Å². The predicted molar refractivity (Wildman–Crippen MR) is 96.0 cm³/mol. The minimum Gasteiger partial charge on any atom is -0.497 e. The van der Waals surface area contributed by atoms with Gasteiger partial charge in [0.1, 0.15) is 11.5 Å². The number of nitrogens with one attached hydrogen (secondary N) is 1. The third-order valence-corrected chi connectivity index (χ3v) is 4.37. The maximum absolute atomic E-state index is 12.1. The van der Waals surface area contributed by atoms with Crippen molar-refractivity contribution in [3.05, 3.63) is 58.1 Å². The van der Waals surface area contributed by atoms with Crippen LogP contribution in [0.25, 0.3) is 0 Å².